The van der Waals surface area contributed by atoms with E-state index in [0.717, 1.165) is 35.0 Å². The van der Waals surface area contributed by atoms with E-state index in [9.17, 15) is 0 Å². The molecule has 5 atom stereocenters. The van der Waals surface area contributed by atoms with Crippen LogP contribution in [-0.4, -0.2) is 0 Å². The molecule has 84 valence electrons. The van der Waals surface area contributed by atoms with Crippen molar-refractivity contribution in [3.8, 4) is 0 Å². The molecule has 0 unspecified atom stereocenters. The molecule has 2 fully saturated rings. The standard InChI is InChI=1S/C15H24/c1-9(2)12-6-5-11(4)15-8-7-10(3)13(15)14(12)15/h7,9,11-14H,5-6,8H2,1-4H3/t11-,12-,13+,14-,15+/m1/s1. The van der Waals surface area contributed by atoms with E-state index in [-0.39, 0.29) is 0 Å². The molecule has 1 spiro atoms. The van der Waals surface area contributed by atoms with Crippen molar-refractivity contribution in [2.24, 2.45) is 35.0 Å². The van der Waals surface area contributed by atoms with Crippen LogP contribution in [0.4, 0.5) is 0 Å². The molecule has 2 saturated carbocycles. The predicted octanol–water partition coefficient (Wildman–Crippen LogP) is 4.27. The lowest BCUT2D eigenvalue weighted by Gasteiger charge is -2.35. The average molecular weight is 204 g/mol. The average Bonchev–Trinajstić information content (AvgIpc) is 2.75. The van der Waals surface area contributed by atoms with Gasteiger partial charge in [-0.3, -0.25) is 0 Å². The van der Waals surface area contributed by atoms with E-state index in [4.69, 9.17) is 0 Å². The van der Waals surface area contributed by atoms with Crippen molar-refractivity contribution in [3.05, 3.63) is 11.6 Å². The Hall–Kier alpha value is -0.260. The molecule has 3 rings (SSSR count). The highest BCUT2D eigenvalue weighted by atomic mass is 14.8. The molecule has 15 heavy (non-hydrogen) atoms. The molecule has 0 N–H and O–H groups in total. The third-order valence-corrected chi connectivity index (χ3v) is 5.89. The van der Waals surface area contributed by atoms with Crippen LogP contribution < -0.4 is 0 Å². The molecule has 0 aromatic carbocycles. The van der Waals surface area contributed by atoms with Gasteiger partial charge in [-0.05, 0) is 61.2 Å². The van der Waals surface area contributed by atoms with Gasteiger partial charge in [0.15, 0.2) is 0 Å². The first-order chi connectivity index (χ1) is 7.09. The second-order valence-corrected chi connectivity index (χ2v) is 6.65. The Labute approximate surface area is 94.1 Å². The summed E-state index contributed by atoms with van der Waals surface area (Å²) in [6.45, 7) is 9.75. The van der Waals surface area contributed by atoms with Gasteiger partial charge in [-0.15, -0.1) is 0 Å². The van der Waals surface area contributed by atoms with E-state index in [1.807, 2.05) is 0 Å². The summed E-state index contributed by atoms with van der Waals surface area (Å²) in [4.78, 5) is 0. The molecule has 3 aliphatic carbocycles. The Morgan fingerprint density at radius 3 is 2.73 bits per heavy atom. The van der Waals surface area contributed by atoms with Gasteiger partial charge in [0.25, 0.3) is 0 Å². The summed E-state index contributed by atoms with van der Waals surface area (Å²) >= 11 is 0. The fourth-order valence-electron chi connectivity index (χ4n) is 5.05. The number of allylic oxidation sites excluding steroid dienone is 2. The summed E-state index contributed by atoms with van der Waals surface area (Å²) in [6.07, 6.45) is 6.91. The lowest BCUT2D eigenvalue weighted by Crippen LogP contribution is -2.27. The molecular formula is C15H24. The molecule has 0 heteroatoms. The highest BCUT2D eigenvalue weighted by Gasteiger charge is 2.71. The molecule has 0 radical (unpaired) electrons. The van der Waals surface area contributed by atoms with Gasteiger partial charge in [-0.2, -0.15) is 0 Å². The molecule has 0 aliphatic heterocycles. The lowest BCUT2D eigenvalue weighted by atomic mass is 9.70. The fourth-order valence-corrected chi connectivity index (χ4v) is 5.05. The topological polar surface area (TPSA) is 0 Å². The Bertz CT molecular complexity index is 312. The monoisotopic (exact) mass is 204 g/mol. The van der Waals surface area contributed by atoms with Crippen LogP contribution in [0.3, 0.4) is 0 Å². The highest BCUT2D eigenvalue weighted by molar-refractivity contribution is 5.35. The number of hydrogen-bond acceptors (Lipinski definition) is 0. The Kier molecular flexibility index (Phi) is 1.92. The summed E-state index contributed by atoms with van der Waals surface area (Å²) in [6, 6.07) is 0. The summed E-state index contributed by atoms with van der Waals surface area (Å²) in [7, 11) is 0. The molecule has 0 saturated heterocycles. The predicted molar refractivity (Wildman–Crippen MR) is 64.5 cm³/mol. The molecule has 3 aliphatic rings. The van der Waals surface area contributed by atoms with E-state index < -0.39 is 0 Å². The fraction of sp³-hybridized carbons (Fsp3) is 0.867. The smallest absolute Gasteiger partial charge is 0.0104 e. The summed E-state index contributed by atoms with van der Waals surface area (Å²) in [5, 5.41) is 0. The van der Waals surface area contributed by atoms with Gasteiger partial charge in [-0.25, -0.2) is 0 Å². The van der Waals surface area contributed by atoms with Crippen molar-refractivity contribution >= 4 is 0 Å². The first-order valence-corrected chi connectivity index (χ1v) is 6.75. The van der Waals surface area contributed by atoms with Gasteiger partial charge in [0.1, 0.15) is 0 Å². The molecule has 0 nitrogen and oxygen atoms in total. The lowest BCUT2D eigenvalue weighted by molar-refractivity contribution is 0.149. The van der Waals surface area contributed by atoms with E-state index in [1.165, 1.54) is 19.3 Å². The Morgan fingerprint density at radius 2 is 2.07 bits per heavy atom. The third-order valence-electron chi connectivity index (χ3n) is 5.89. The van der Waals surface area contributed by atoms with E-state index in [2.05, 4.69) is 33.8 Å². The zero-order valence-corrected chi connectivity index (χ0v) is 10.6. The van der Waals surface area contributed by atoms with Gasteiger partial charge in [-0.1, -0.05) is 32.4 Å². The van der Waals surface area contributed by atoms with Gasteiger partial charge >= 0.3 is 0 Å². The SMILES string of the molecule is CC1=CC[C@]23[C@H]([C@@H](C(C)C)CC[C@H]2C)[C@H]13. The maximum Gasteiger partial charge on any atom is -0.0104 e. The minimum absolute atomic E-state index is 0.747. The van der Waals surface area contributed by atoms with Crippen molar-refractivity contribution in [1.29, 1.82) is 0 Å². The van der Waals surface area contributed by atoms with Crippen LogP contribution >= 0.6 is 0 Å². The van der Waals surface area contributed by atoms with Crippen LogP contribution in [0.5, 0.6) is 0 Å². The Morgan fingerprint density at radius 1 is 1.33 bits per heavy atom. The summed E-state index contributed by atoms with van der Waals surface area (Å²) in [5.74, 6) is 4.96. The van der Waals surface area contributed by atoms with Crippen LogP contribution in [0.2, 0.25) is 0 Å². The van der Waals surface area contributed by atoms with Crippen LogP contribution in [0.25, 0.3) is 0 Å². The largest absolute Gasteiger partial charge is 0.0847 e. The molecule has 0 aromatic heterocycles. The van der Waals surface area contributed by atoms with Crippen molar-refractivity contribution in [1.82, 2.24) is 0 Å². The minimum atomic E-state index is 0.747. The molecule has 0 bridgehead atoms. The zero-order chi connectivity index (χ0) is 10.8. The first kappa shape index (κ1) is 9.93. The van der Waals surface area contributed by atoms with Crippen molar-refractivity contribution in [3.63, 3.8) is 0 Å². The summed E-state index contributed by atoms with van der Waals surface area (Å²) in [5.41, 5.74) is 2.47. The quantitative estimate of drug-likeness (QED) is 0.559. The maximum absolute atomic E-state index is 2.53. The second kappa shape index (κ2) is 2.90. The van der Waals surface area contributed by atoms with Crippen LogP contribution in [-0.2, 0) is 0 Å². The molecule has 0 heterocycles. The zero-order valence-electron chi connectivity index (χ0n) is 10.6. The maximum atomic E-state index is 2.53. The molecule has 0 amide bonds. The van der Waals surface area contributed by atoms with Gasteiger partial charge < -0.3 is 0 Å². The first-order valence-electron chi connectivity index (χ1n) is 6.75. The number of fused-ring (bicyclic) bond motifs is 1. The van der Waals surface area contributed by atoms with E-state index in [0.29, 0.717) is 0 Å². The van der Waals surface area contributed by atoms with Crippen molar-refractivity contribution < 1.29 is 0 Å². The van der Waals surface area contributed by atoms with Crippen LogP contribution in [0.1, 0.15) is 47.0 Å². The van der Waals surface area contributed by atoms with Crippen LogP contribution in [0, 0.1) is 35.0 Å². The minimum Gasteiger partial charge on any atom is -0.0847 e. The van der Waals surface area contributed by atoms with Crippen LogP contribution in [0.15, 0.2) is 11.6 Å². The van der Waals surface area contributed by atoms with Gasteiger partial charge in [0, 0.05) is 0 Å². The van der Waals surface area contributed by atoms with Crippen molar-refractivity contribution in [2.45, 2.75) is 47.0 Å². The number of rotatable bonds is 1. The van der Waals surface area contributed by atoms with E-state index in [1.54, 1.807) is 5.57 Å². The Balaban J connectivity index is 1.91. The summed E-state index contributed by atoms with van der Waals surface area (Å²) < 4.78 is 0. The second-order valence-electron chi connectivity index (χ2n) is 6.65. The van der Waals surface area contributed by atoms with Gasteiger partial charge in [0.05, 0.1) is 0 Å². The third kappa shape index (κ3) is 1.04. The number of hydrogen-bond donors (Lipinski definition) is 0. The molecule has 0 aromatic rings. The highest BCUT2D eigenvalue weighted by Crippen LogP contribution is 2.77. The van der Waals surface area contributed by atoms with Crippen molar-refractivity contribution in [2.75, 3.05) is 0 Å². The molecular weight excluding hydrogens is 180 g/mol. The normalized spacial score (nSPS) is 52.5. The van der Waals surface area contributed by atoms with E-state index >= 15 is 0 Å². The van der Waals surface area contributed by atoms with Gasteiger partial charge in [0.2, 0.25) is 0 Å².